The number of benzene rings is 2. The van der Waals surface area contributed by atoms with E-state index in [-0.39, 0.29) is 12.3 Å². The lowest BCUT2D eigenvalue weighted by atomic mass is 10.1. The monoisotopic (exact) mass is 426 g/mol. The highest BCUT2D eigenvalue weighted by atomic mass is 127. The summed E-state index contributed by atoms with van der Waals surface area (Å²) in [5, 5.41) is 5.94. The number of halogens is 1. The summed E-state index contributed by atoms with van der Waals surface area (Å²) in [6.45, 7) is 0. The van der Waals surface area contributed by atoms with Crippen LogP contribution in [-0.2, 0) is 11.2 Å². The maximum Gasteiger partial charge on any atom is 0.230 e. The van der Waals surface area contributed by atoms with Gasteiger partial charge in [0.1, 0.15) is 5.75 Å². The van der Waals surface area contributed by atoms with Gasteiger partial charge in [0.25, 0.3) is 0 Å². The van der Waals surface area contributed by atoms with Gasteiger partial charge in [0.05, 0.1) is 13.5 Å². The number of thiocarbonyl (C=S) groups is 1. The number of anilines is 1. The van der Waals surface area contributed by atoms with Gasteiger partial charge < -0.3 is 15.4 Å². The highest BCUT2D eigenvalue weighted by Crippen LogP contribution is 2.12. The first-order valence-corrected chi connectivity index (χ1v) is 8.05. The average Bonchev–Trinajstić information content (AvgIpc) is 2.50. The number of hydrogen-bond donors (Lipinski definition) is 2. The number of methoxy groups -OCH3 is 1. The molecule has 0 saturated heterocycles. The van der Waals surface area contributed by atoms with Crippen LogP contribution in [0.1, 0.15) is 5.56 Å². The molecular weight excluding hydrogens is 411 g/mol. The number of carbonyl (C=O) groups is 1. The summed E-state index contributed by atoms with van der Waals surface area (Å²) in [6, 6.07) is 15.1. The van der Waals surface area contributed by atoms with E-state index < -0.39 is 0 Å². The van der Waals surface area contributed by atoms with Crippen LogP contribution < -0.4 is 15.4 Å². The van der Waals surface area contributed by atoms with Crippen LogP contribution in [0.15, 0.2) is 48.5 Å². The zero-order valence-corrected chi connectivity index (χ0v) is 14.9. The van der Waals surface area contributed by atoms with Crippen LogP contribution in [0.4, 0.5) is 5.69 Å². The lowest BCUT2D eigenvalue weighted by Gasteiger charge is -2.10. The number of carbonyl (C=O) groups excluding carboxylic acids is 1. The molecule has 1 amide bonds. The maximum atomic E-state index is 12.0. The van der Waals surface area contributed by atoms with E-state index in [0.717, 1.165) is 20.6 Å². The van der Waals surface area contributed by atoms with Crippen LogP contribution in [0.2, 0.25) is 0 Å². The molecule has 0 atom stereocenters. The summed E-state index contributed by atoms with van der Waals surface area (Å²) >= 11 is 7.36. The molecule has 0 aliphatic rings. The predicted octanol–water partition coefficient (Wildman–Crippen LogP) is 3.36. The molecule has 2 aromatic rings. The summed E-state index contributed by atoms with van der Waals surface area (Å²) in [6.07, 6.45) is 0.262. The van der Waals surface area contributed by atoms with Crippen LogP contribution in [0.3, 0.4) is 0 Å². The topological polar surface area (TPSA) is 50.4 Å². The molecule has 0 fully saturated rings. The van der Waals surface area contributed by atoms with Gasteiger partial charge in [-0.3, -0.25) is 4.79 Å². The molecular formula is C16H15IN2O2S. The second kappa shape index (κ2) is 8.09. The maximum absolute atomic E-state index is 12.0. The van der Waals surface area contributed by atoms with Crippen LogP contribution in [0, 0.1) is 3.57 Å². The summed E-state index contributed by atoms with van der Waals surface area (Å²) in [7, 11) is 1.61. The molecule has 2 rings (SSSR count). The van der Waals surface area contributed by atoms with Crippen molar-refractivity contribution in [2.75, 3.05) is 12.4 Å². The van der Waals surface area contributed by atoms with Gasteiger partial charge in [-0.2, -0.15) is 0 Å². The minimum atomic E-state index is -0.159. The first-order valence-electron chi connectivity index (χ1n) is 6.56. The van der Waals surface area contributed by atoms with E-state index in [1.54, 1.807) is 7.11 Å². The van der Waals surface area contributed by atoms with Gasteiger partial charge in [0, 0.05) is 9.26 Å². The molecule has 0 unspecified atom stereocenters. The standard InChI is InChI=1S/C16H15IN2O2S/c1-21-14-8-2-11(3-9-14)10-15(20)19-16(22)18-13-6-4-12(17)5-7-13/h2-9H,10H2,1H3,(H2,18,19,20,22). The molecule has 0 aromatic heterocycles. The normalized spacial score (nSPS) is 9.91. The van der Waals surface area contributed by atoms with Crippen molar-refractivity contribution in [3.8, 4) is 5.75 Å². The summed E-state index contributed by atoms with van der Waals surface area (Å²) in [5.74, 6) is 0.605. The molecule has 0 saturated carbocycles. The fourth-order valence-electron chi connectivity index (χ4n) is 1.80. The third-order valence-corrected chi connectivity index (χ3v) is 3.80. The first-order chi connectivity index (χ1) is 10.6. The fraction of sp³-hybridized carbons (Fsp3) is 0.125. The van der Waals surface area contributed by atoms with Gasteiger partial charge in [0.15, 0.2) is 5.11 Å². The van der Waals surface area contributed by atoms with Crippen LogP contribution in [-0.4, -0.2) is 18.1 Å². The Labute approximate surface area is 148 Å². The Bertz CT molecular complexity index is 657. The molecule has 0 spiro atoms. The van der Waals surface area contributed by atoms with Gasteiger partial charge in [0.2, 0.25) is 5.91 Å². The Morgan fingerprint density at radius 1 is 1.14 bits per heavy atom. The van der Waals surface area contributed by atoms with Crippen molar-refractivity contribution in [1.29, 1.82) is 0 Å². The van der Waals surface area contributed by atoms with Crippen molar-refractivity contribution in [1.82, 2.24) is 5.32 Å². The van der Waals surface area contributed by atoms with E-state index in [1.165, 1.54) is 0 Å². The predicted molar refractivity (Wildman–Crippen MR) is 100 cm³/mol. The Morgan fingerprint density at radius 2 is 1.77 bits per heavy atom. The number of ether oxygens (including phenoxy) is 1. The molecule has 0 aliphatic carbocycles. The van der Waals surface area contributed by atoms with Crippen molar-refractivity contribution in [2.24, 2.45) is 0 Å². The molecule has 22 heavy (non-hydrogen) atoms. The summed E-state index contributed by atoms with van der Waals surface area (Å²) < 4.78 is 6.22. The Balaban J connectivity index is 1.85. The van der Waals surface area contributed by atoms with E-state index in [4.69, 9.17) is 17.0 Å². The minimum absolute atomic E-state index is 0.159. The van der Waals surface area contributed by atoms with Crippen LogP contribution in [0.5, 0.6) is 5.75 Å². The highest BCUT2D eigenvalue weighted by molar-refractivity contribution is 14.1. The SMILES string of the molecule is COc1ccc(CC(=O)NC(=S)Nc2ccc(I)cc2)cc1. The Morgan fingerprint density at radius 3 is 2.36 bits per heavy atom. The smallest absolute Gasteiger partial charge is 0.230 e. The van der Waals surface area contributed by atoms with Crippen molar-refractivity contribution in [3.63, 3.8) is 0 Å². The van der Waals surface area contributed by atoms with Crippen LogP contribution in [0.25, 0.3) is 0 Å². The molecule has 6 heteroatoms. The van der Waals surface area contributed by atoms with E-state index in [0.29, 0.717) is 5.11 Å². The summed E-state index contributed by atoms with van der Waals surface area (Å²) in [5.41, 5.74) is 1.74. The molecule has 114 valence electrons. The third-order valence-electron chi connectivity index (χ3n) is 2.88. The van der Waals surface area contributed by atoms with Crippen molar-refractivity contribution >= 4 is 51.5 Å². The molecule has 2 N–H and O–H groups in total. The first kappa shape index (κ1) is 16.7. The summed E-state index contributed by atoms with van der Waals surface area (Å²) in [4.78, 5) is 12.0. The quantitative estimate of drug-likeness (QED) is 0.582. The van der Waals surface area contributed by atoms with Crippen molar-refractivity contribution in [2.45, 2.75) is 6.42 Å². The second-order valence-electron chi connectivity index (χ2n) is 4.53. The molecule has 0 radical (unpaired) electrons. The minimum Gasteiger partial charge on any atom is -0.497 e. The molecule has 2 aromatic carbocycles. The van der Waals surface area contributed by atoms with Gasteiger partial charge in [-0.05, 0) is 76.8 Å². The van der Waals surface area contributed by atoms with Gasteiger partial charge >= 0.3 is 0 Å². The molecule has 0 bridgehead atoms. The van der Waals surface area contributed by atoms with Crippen molar-refractivity contribution < 1.29 is 9.53 Å². The zero-order valence-electron chi connectivity index (χ0n) is 11.9. The van der Waals surface area contributed by atoms with E-state index in [2.05, 4.69) is 33.2 Å². The van der Waals surface area contributed by atoms with E-state index in [1.807, 2.05) is 48.5 Å². The second-order valence-corrected chi connectivity index (χ2v) is 6.19. The Hall–Kier alpha value is -1.67. The molecule has 0 heterocycles. The number of nitrogens with one attached hydrogen (secondary N) is 2. The zero-order chi connectivity index (χ0) is 15.9. The van der Waals surface area contributed by atoms with Crippen LogP contribution >= 0.6 is 34.8 Å². The highest BCUT2D eigenvalue weighted by Gasteiger charge is 2.06. The van der Waals surface area contributed by atoms with E-state index in [9.17, 15) is 4.79 Å². The Kier molecular flexibility index (Phi) is 6.14. The van der Waals surface area contributed by atoms with E-state index >= 15 is 0 Å². The number of hydrogen-bond acceptors (Lipinski definition) is 3. The fourth-order valence-corrected chi connectivity index (χ4v) is 2.39. The van der Waals surface area contributed by atoms with Gasteiger partial charge in [-0.1, -0.05) is 12.1 Å². The lowest BCUT2D eigenvalue weighted by molar-refractivity contribution is -0.119. The third kappa shape index (κ3) is 5.27. The molecule has 0 aliphatic heterocycles. The largest absolute Gasteiger partial charge is 0.497 e. The van der Waals surface area contributed by atoms with Gasteiger partial charge in [-0.15, -0.1) is 0 Å². The lowest BCUT2D eigenvalue weighted by Crippen LogP contribution is -2.35. The number of amides is 1. The molecule has 4 nitrogen and oxygen atoms in total. The van der Waals surface area contributed by atoms with Crippen molar-refractivity contribution in [3.05, 3.63) is 57.7 Å². The number of rotatable bonds is 4. The van der Waals surface area contributed by atoms with Gasteiger partial charge in [-0.25, -0.2) is 0 Å². The average molecular weight is 426 g/mol.